The Hall–Kier alpha value is -0.0800. The maximum atomic E-state index is 9.28. The molecule has 0 amide bonds. The van der Waals surface area contributed by atoms with E-state index in [0.717, 1.165) is 13.0 Å². The fraction of sp³-hybridized carbons (Fsp3) is 1.00. The average molecular weight is 158 g/mol. The molecule has 1 aliphatic heterocycles. The van der Waals surface area contributed by atoms with Gasteiger partial charge in [-0.3, -0.25) is 0 Å². The molecular formula is C9H18O2. The second-order valence-corrected chi connectivity index (χ2v) is 3.81. The van der Waals surface area contributed by atoms with Gasteiger partial charge in [0.1, 0.15) is 0 Å². The molecular weight excluding hydrogens is 140 g/mol. The van der Waals surface area contributed by atoms with Gasteiger partial charge in [-0.05, 0) is 19.3 Å². The van der Waals surface area contributed by atoms with Crippen molar-refractivity contribution < 1.29 is 9.84 Å². The van der Waals surface area contributed by atoms with Gasteiger partial charge in [-0.25, -0.2) is 0 Å². The molecule has 0 aromatic rings. The summed E-state index contributed by atoms with van der Waals surface area (Å²) in [6.45, 7) is 7.43. The normalized spacial score (nSPS) is 38.5. The van der Waals surface area contributed by atoms with E-state index in [4.69, 9.17) is 4.74 Å². The van der Waals surface area contributed by atoms with Gasteiger partial charge in [-0.1, -0.05) is 13.8 Å². The van der Waals surface area contributed by atoms with Crippen LogP contribution in [0.3, 0.4) is 0 Å². The predicted molar refractivity (Wildman–Crippen MR) is 44.4 cm³/mol. The lowest BCUT2D eigenvalue weighted by molar-refractivity contribution is -0.00199. The third-order valence-electron chi connectivity index (χ3n) is 3.19. The lowest BCUT2D eigenvalue weighted by Gasteiger charge is -2.34. The first-order valence-corrected chi connectivity index (χ1v) is 4.36. The highest BCUT2D eigenvalue weighted by molar-refractivity contribution is 4.91. The summed E-state index contributed by atoms with van der Waals surface area (Å²) in [4.78, 5) is 0. The van der Waals surface area contributed by atoms with E-state index >= 15 is 0 Å². The van der Waals surface area contributed by atoms with E-state index in [1.54, 1.807) is 0 Å². The molecule has 2 heteroatoms. The van der Waals surface area contributed by atoms with Crippen molar-refractivity contribution in [2.45, 2.75) is 33.3 Å². The molecule has 0 bridgehead atoms. The molecule has 2 nitrogen and oxygen atoms in total. The number of ether oxygens (including phenoxy) is 1. The molecule has 0 aromatic heterocycles. The first-order valence-electron chi connectivity index (χ1n) is 4.36. The molecule has 1 aliphatic rings. The third kappa shape index (κ3) is 1.30. The summed E-state index contributed by atoms with van der Waals surface area (Å²) in [6, 6.07) is 0. The molecule has 1 heterocycles. The maximum absolute atomic E-state index is 9.28. The van der Waals surface area contributed by atoms with Gasteiger partial charge in [-0.15, -0.1) is 0 Å². The molecule has 0 spiro atoms. The van der Waals surface area contributed by atoms with Crippen LogP contribution in [0.5, 0.6) is 0 Å². The zero-order valence-electron chi connectivity index (χ0n) is 7.63. The van der Waals surface area contributed by atoms with Gasteiger partial charge in [0.15, 0.2) is 0 Å². The van der Waals surface area contributed by atoms with Crippen molar-refractivity contribution in [3.8, 4) is 0 Å². The molecule has 1 saturated heterocycles. The Kier molecular flexibility index (Phi) is 2.55. The van der Waals surface area contributed by atoms with E-state index in [1.165, 1.54) is 0 Å². The second-order valence-electron chi connectivity index (χ2n) is 3.81. The van der Waals surface area contributed by atoms with E-state index in [2.05, 4.69) is 20.8 Å². The summed E-state index contributed by atoms with van der Waals surface area (Å²) in [5.41, 5.74) is 0.0278. The Morgan fingerprint density at radius 3 is 2.45 bits per heavy atom. The van der Waals surface area contributed by atoms with Crippen LogP contribution in [-0.4, -0.2) is 24.4 Å². The maximum Gasteiger partial charge on any atom is 0.0628 e. The fourth-order valence-corrected chi connectivity index (χ4v) is 1.94. The number of aliphatic hydroxyl groups excluding tert-OH is 1. The largest absolute Gasteiger partial charge is 0.396 e. The molecule has 11 heavy (non-hydrogen) atoms. The van der Waals surface area contributed by atoms with Crippen LogP contribution in [0.2, 0.25) is 0 Å². The van der Waals surface area contributed by atoms with Crippen molar-refractivity contribution in [2.24, 2.45) is 11.3 Å². The summed E-state index contributed by atoms with van der Waals surface area (Å²) in [7, 11) is 0. The molecule has 2 unspecified atom stereocenters. The number of hydrogen-bond acceptors (Lipinski definition) is 2. The predicted octanol–water partition coefficient (Wildman–Crippen LogP) is 1.43. The van der Waals surface area contributed by atoms with Crippen molar-refractivity contribution in [2.75, 3.05) is 13.2 Å². The molecule has 1 fully saturated rings. The van der Waals surface area contributed by atoms with Gasteiger partial charge in [0, 0.05) is 12.0 Å². The fourth-order valence-electron chi connectivity index (χ4n) is 1.94. The number of hydrogen-bond donors (Lipinski definition) is 1. The third-order valence-corrected chi connectivity index (χ3v) is 3.19. The van der Waals surface area contributed by atoms with Gasteiger partial charge in [-0.2, -0.15) is 0 Å². The average Bonchev–Trinajstić information content (AvgIpc) is 2.32. The Morgan fingerprint density at radius 1 is 1.64 bits per heavy atom. The number of aliphatic hydroxyl groups is 1. The first-order chi connectivity index (χ1) is 5.13. The quantitative estimate of drug-likeness (QED) is 0.658. The second kappa shape index (κ2) is 3.11. The van der Waals surface area contributed by atoms with E-state index < -0.39 is 0 Å². The van der Waals surface area contributed by atoms with Crippen molar-refractivity contribution >= 4 is 0 Å². The van der Waals surface area contributed by atoms with Crippen molar-refractivity contribution in [1.82, 2.24) is 0 Å². The van der Waals surface area contributed by atoms with Crippen molar-refractivity contribution in [3.63, 3.8) is 0 Å². The standard InChI is InChI=1S/C9H18O2/c1-7(2)9(6-10)4-5-11-8(9)3/h7-8,10H,4-6H2,1-3H3. The summed E-state index contributed by atoms with van der Waals surface area (Å²) in [5.74, 6) is 0.505. The van der Waals surface area contributed by atoms with Gasteiger partial charge in [0.25, 0.3) is 0 Å². The molecule has 1 rings (SSSR count). The minimum atomic E-state index is 0.0278. The monoisotopic (exact) mass is 158 g/mol. The minimum absolute atomic E-state index is 0.0278. The lowest BCUT2D eigenvalue weighted by atomic mass is 9.73. The SMILES string of the molecule is CC(C)C1(CO)CCOC1C. The molecule has 1 N–H and O–H groups in total. The zero-order valence-corrected chi connectivity index (χ0v) is 7.63. The molecule has 0 aromatic carbocycles. The zero-order chi connectivity index (χ0) is 8.48. The van der Waals surface area contributed by atoms with Crippen LogP contribution in [0.25, 0.3) is 0 Å². The van der Waals surface area contributed by atoms with Crippen LogP contribution in [0, 0.1) is 11.3 Å². The summed E-state index contributed by atoms with van der Waals surface area (Å²) in [5, 5.41) is 9.28. The van der Waals surface area contributed by atoms with E-state index in [0.29, 0.717) is 5.92 Å². The van der Waals surface area contributed by atoms with Crippen LogP contribution in [-0.2, 0) is 4.74 Å². The highest BCUT2D eigenvalue weighted by Gasteiger charge is 2.43. The van der Waals surface area contributed by atoms with Crippen LogP contribution >= 0.6 is 0 Å². The lowest BCUT2D eigenvalue weighted by Crippen LogP contribution is -2.37. The summed E-state index contributed by atoms with van der Waals surface area (Å²) < 4.78 is 5.46. The molecule has 0 saturated carbocycles. The highest BCUT2D eigenvalue weighted by Crippen LogP contribution is 2.40. The summed E-state index contributed by atoms with van der Waals surface area (Å²) >= 11 is 0. The Balaban J connectivity index is 2.73. The highest BCUT2D eigenvalue weighted by atomic mass is 16.5. The van der Waals surface area contributed by atoms with Crippen LogP contribution in [0.1, 0.15) is 27.2 Å². The van der Waals surface area contributed by atoms with Gasteiger partial charge in [0.05, 0.1) is 12.7 Å². The first kappa shape index (κ1) is 9.01. The molecule has 2 atom stereocenters. The minimum Gasteiger partial charge on any atom is -0.396 e. The smallest absolute Gasteiger partial charge is 0.0628 e. The molecule has 0 aliphatic carbocycles. The molecule has 66 valence electrons. The van der Waals surface area contributed by atoms with Gasteiger partial charge in [0.2, 0.25) is 0 Å². The van der Waals surface area contributed by atoms with E-state index in [1.807, 2.05) is 0 Å². The Bertz CT molecular complexity index is 134. The summed E-state index contributed by atoms with van der Waals surface area (Å²) in [6.07, 6.45) is 1.22. The van der Waals surface area contributed by atoms with Crippen LogP contribution < -0.4 is 0 Å². The Labute approximate surface area is 68.6 Å². The van der Waals surface area contributed by atoms with E-state index in [9.17, 15) is 5.11 Å². The topological polar surface area (TPSA) is 29.5 Å². The molecule has 0 radical (unpaired) electrons. The van der Waals surface area contributed by atoms with Crippen LogP contribution in [0.15, 0.2) is 0 Å². The van der Waals surface area contributed by atoms with Crippen molar-refractivity contribution in [1.29, 1.82) is 0 Å². The van der Waals surface area contributed by atoms with Crippen LogP contribution in [0.4, 0.5) is 0 Å². The van der Waals surface area contributed by atoms with E-state index in [-0.39, 0.29) is 18.1 Å². The van der Waals surface area contributed by atoms with Gasteiger partial charge < -0.3 is 9.84 Å². The number of rotatable bonds is 2. The van der Waals surface area contributed by atoms with Crippen molar-refractivity contribution in [3.05, 3.63) is 0 Å². The Morgan fingerprint density at radius 2 is 2.27 bits per heavy atom. The van der Waals surface area contributed by atoms with Gasteiger partial charge >= 0.3 is 0 Å².